The van der Waals surface area contributed by atoms with Gasteiger partial charge in [0.25, 0.3) is 5.56 Å². The molecule has 0 aliphatic heterocycles. The molecule has 1 aromatic carbocycles. The van der Waals surface area contributed by atoms with E-state index in [-0.39, 0.29) is 18.4 Å². The molecule has 0 atom stereocenters. The fourth-order valence-electron chi connectivity index (χ4n) is 2.92. The molecular formula is C18H19N3O4. The first-order valence-electron chi connectivity index (χ1n) is 7.87. The maximum Gasteiger partial charge on any atom is 0.303 e. The van der Waals surface area contributed by atoms with Gasteiger partial charge >= 0.3 is 5.97 Å². The molecule has 7 heteroatoms. The van der Waals surface area contributed by atoms with Gasteiger partial charge in [-0.3, -0.25) is 9.59 Å². The molecule has 7 nitrogen and oxygen atoms in total. The second-order valence-electron chi connectivity index (χ2n) is 5.82. The molecule has 0 spiro atoms. The Bertz CT molecular complexity index is 1020. The first-order valence-corrected chi connectivity index (χ1v) is 7.87. The van der Waals surface area contributed by atoms with Crippen LogP contribution in [-0.4, -0.2) is 32.4 Å². The van der Waals surface area contributed by atoms with E-state index in [1.54, 1.807) is 7.11 Å². The summed E-state index contributed by atoms with van der Waals surface area (Å²) in [6, 6.07) is 9.28. The largest absolute Gasteiger partial charge is 0.496 e. The van der Waals surface area contributed by atoms with Crippen molar-refractivity contribution in [2.24, 2.45) is 7.05 Å². The first kappa shape index (κ1) is 16.8. The van der Waals surface area contributed by atoms with Gasteiger partial charge in [0.05, 0.1) is 12.8 Å². The summed E-state index contributed by atoms with van der Waals surface area (Å²) in [4.78, 5) is 23.6. The summed E-state index contributed by atoms with van der Waals surface area (Å²) in [6.45, 7) is 1.81. The van der Waals surface area contributed by atoms with Gasteiger partial charge in [-0.25, -0.2) is 0 Å². The Morgan fingerprint density at radius 3 is 2.72 bits per heavy atom. The maximum atomic E-state index is 12.8. The molecule has 2 aromatic heterocycles. The van der Waals surface area contributed by atoms with E-state index < -0.39 is 5.97 Å². The number of carboxylic acids is 1. The van der Waals surface area contributed by atoms with Gasteiger partial charge in [-0.1, -0.05) is 12.1 Å². The summed E-state index contributed by atoms with van der Waals surface area (Å²) in [5.74, 6) is -0.263. The van der Waals surface area contributed by atoms with Crippen LogP contribution in [0.4, 0.5) is 0 Å². The number of aromatic nitrogens is 3. The third-order valence-corrected chi connectivity index (χ3v) is 4.40. The van der Waals surface area contributed by atoms with Crippen LogP contribution in [0.25, 0.3) is 16.9 Å². The zero-order chi connectivity index (χ0) is 18.1. The second kappa shape index (κ2) is 6.43. The lowest BCUT2D eigenvalue weighted by Gasteiger charge is -2.11. The van der Waals surface area contributed by atoms with Gasteiger partial charge in [-0.15, -0.1) is 0 Å². The number of methoxy groups -OCH3 is 1. The molecule has 0 aliphatic carbocycles. The topological polar surface area (TPSA) is 85.8 Å². The Morgan fingerprint density at radius 2 is 2.04 bits per heavy atom. The van der Waals surface area contributed by atoms with Crippen LogP contribution in [0.15, 0.2) is 35.1 Å². The number of ether oxygens (including phenoxy) is 1. The van der Waals surface area contributed by atoms with Crippen molar-refractivity contribution in [2.45, 2.75) is 19.8 Å². The highest BCUT2D eigenvalue weighted by atomic mass is 16.5. The number of rotatable bonds is 5. The molecule has 0 aliphatic rings. The summed E-state index contributed by atoms with van der Waals surface area (Å²) >= 11 is 0. The highest BCUT2D eigenvalue weighted by molar-refractivity contribution is 5.70. The quantitative estimate of drug-likeness (QED) is 0.767. The van der Waals surface area contributed by atoms with Gasteiger partial charge in [0.2, 0.25) is 0 Å². The molecule has 0 saturated heterocycles. The van der Waals surface area contributed by atoms with Gasteiger partial charge < -0.3 is 14.4 Å². The smallest absolute Gasteiger partial charge is 0.303 e. The van der Waals surface area contributed by atoms with Gasteiger partial charge in [-0.05, 0) is 25.5 Å². The summed E-state index contributed by atoms with van der Waals surface area (Å²) < 4.78 is 8.55. The number of benzene rings is 1. The molecule has 0 fully saturated rings. The number of hydrogen-bond acceptors (Lipinski definition) is 4. The normalized spacial score (nSPS) is 11.0. The van der Waals surface area contributed by atoms with Crippen molar-refractivity contribution in [1.82, 2.24) is 14.2 Å². The van der Waals surface area contributed by atoms with Crippen LogP contribution in [0.5, 0.6) is 5.75 Å². The van der Waals surface area contributed by atoms with Crippen molar-refractivity contribution in [3.8, 4) is 17.0 Å². The van der Waals surface area contributed by atoms with Gasteiger partial charge in [-0.2, -0.15) is 9.61 Å². The van der Waals surface area contributed by atoms with Gasteiger partial charge in [0.15, 0.2) is 0 Å². The zero-order valence-corrected chi connectivity index (χ0v) is 14.3. The molecule has 3 aromatic rings. The number of carboxylic acid groups (broad SMARTS) is 1. The predicted molar refractivity (Wildman–Crippen MR) is 93.1 cm³/mol. The van der Waals surface area contributed by atoms with E-state index in [0.717, 1.165) is 11.3 Å². The van der Waals surface area contributed by atoms with Gasteiger partial charge in [0.1, 0.15) is 11.4 Å². The van der Waals surface area contributed by atoms with Crippen LogP contribution < -0.4 is 10.3 Å². The summed E-state index contributed by atoms with van der Waals surface area (Å²) in [7, 11) is 3.42. The molecule has 2 heterocycles. The van der Waals surface area contributed by atoms with Gasteiger partial charge in [0, 0.05) is 36.4 Å². The lowest BCUT2D eigenvalue weighted by molar-refractivity contribution is -0.136. The molecule has 0 unspecified atom stereocenters. The number of para-hydroxylation sites is 1. The molecule has 0 amide bonds. The van der Waals surface area contributed by atoms with Crippen molar-refractivity contribution in [3.05, 3.63) is 51.9 Å². The zero-order valence-electron chi connectivity index (χ0n) is 14.3. The standard InChI is InChI=1S/C18H19N3O4/c1-11-12(8-9-17(22)23)18(24)21-16(20(11)2)10-14(19-21)13-6-4-5-7-15(13)25-3/h4-7,10H,8-9H2,1-3H3,(H,22,23). The number of hydrogen-bond donors (Lipinski definition) is 1. The number of carbonyl (C=O) groups is 1. The van der Waals surface area contributed by atoms with E-state index in [1.165, 1.54) is 4.52 Å². The highest BCUT2D eigenvalue weighted by Crippen LogP contribution is 2.29. The SMILES string of the molecule is COc1ccccc1-c1cc2n(C)c(C)c(CCC(=O)O)c(=O)n2n1. The van der Waals surface area contributed by atoms with Crippen LogP contribution in [0.1, 0.15) is 17.7 Å². The number of nitrogens with zero attached hydrogens (tertiary/aromatic N) is 3. The van der Waals surface area contributed by atoms with Crippen LogP contribution >= 0.6 is 0 Å². The molecule has 0 saturated carbocycles. The summed E-state index contributed by atoms with van der Waals surface area (Å²) in [5, 5.41) is 13.3. The maximum absolute atomic E-state index is 12.8. The van der Waals surface area contributed by atoms with Crippen molar-refractivity contribution in [2.75, 3.05) is 7.11 Å². The molecular weight excluding hydrogens is 322 g/mol. The van der Waals surface area contributed by atoms with E-state index in [1.807, 2.05) is 48.9 Å². The number of aliphatic carboxylic acids is 1. The fourth-order valence-corrected chi connectivity index (χ4v) is 2.92. The minimum absolute atomic E-state index is 0.0950. The summed E-state index contributed by atoms with van der Waals surface area (Å²) in [6.07, 6.45) is 0.0792. The Kier molecular flexibility index (Phi) is 4.31. The monoisotopic (exact) mass is 341 g/mol. The average molecular weight is 341 g/mol. The average Bonchev–Trinajstić information content (AvgIpc) is 3.05. The van der Waals surface area contributed by atoms with E-state index in [9.17, 15) is 9.59 Å². The fraction of sp³-hybridized carbons (Fsp3) is 0.278. The first-order chi connectivity index (χ1) is 11.9. The molecule has 130 valence electrons. The Morgan fingerprint density at radius 1 is 1.32 bits per heavy atom. The second-order valence-corrected chi connectivity index (χ2v) is 5.82. The van der Waals surface area contributed by atoms with Crippen molar-refractivity contribution in [1.29, 1.82) is 0 Å². The molecule has 3 rings (SSSR count). The highest BCUT2D eigenvalue weighted by Gasteiger charge is 2.17. The number of fused-ring (bicyclic) bond motifs is 1. The van der Waals surface area contributed by atoms with Crippen LogP contribution in [0.3, 0.4) is 0 Å². The summed E-state index contributed by atoms with van der Waals surface area (Å²) in [5.41, 5.74) is 2.98. The predicted octanol–water partition coefficient (Wildman–Crippen LogP) is 2.03. The molecule has 1 N–H and O–H groups in total. The van der Waals surface area contributed by atoms with E-state index >= 15 is 0 Å². The van der Waals surface area contributed by atoms with Crippen LogP contribution in [0.2, 0.25) is 0 Å². The van der Waals surface area contributed by atoms with E-state index in [2.05, 4.69) is 5.10 Å². The third kappa shape index (κ3) is 2.88. The Hall–Kier alpha value is -3.09. The Balaban J connectivity index is 2.21. The lowest BCUT2D eigenvalue weighted by Crippen LogP contribution is -2.25. The van der Waals surface area contributed by atoms with Crippen LogP contribution in [0, 0.1) is 6.92 Å². The third-order valence-electron chi connectivity index (χ3n) is 4.40. The molecule has 0 radical (unpaired) electrons. The van der Waals surface area contributed by atoms with Crippen LogP contribution in [-0.2, 0) is 18.3 Å². The minimum atomic E-state index is -0.934. The van der Waals surface area contributed by atoms with E-state index in [0.29, 0.717) is 22.7 Å². The minimum Gasteiger partial charge on any atom is -0.496 e. The van der Waals surface area contributed by atoms with Crippen molar-refractivity contribution < 1.29 is 14.6 Å². The van der Waals surface area contributed by atoms with Crippen molar-refractivity contribution >= 4 is 11.6 Å². The Labute approximate surface area is 144 Å². The molecule has 0 bridgehead atoms. The van der Waals surface area contributed by atoms with E-state index in [4.69, 9.17) is 9.84 Å². The lowest BCUT2D eigenvalue weighted by atomic mass is 10.1. The van der Waals surface area contributed by atoms with Crippen molar-refractivity contribution in [3.63, 3.8) is 0 Å². The number of aryl methyl sites for hydroxylation is 1. The molecule has 25 heavy (non-hydrogen) atoms.